The quantitative estimate of drug-likeness (QED) is 0.724. The second-order valence-corrected chi connectivity index (χ2v) is 4.83. The number of hydrogen-bond acceptors (Lipinski definition) is 2. The van der Waals surface area contributed by atoms with Crippen molar-refractivity contribution >= 4 is 5.97 Å². The van der Waals surface area contributed by atoms with E-state index in [2.05, 4.69) is 13.8 Å². The Labute approximate surface area is 108 Å². The predicted molar refractivity (Wildman–Crippen MR) is 69.9 cm³/mol. The van der Waals surface area contributed by atoms with Gasteiger partial charge in [-0.1, -0.05) is 26.0 Å². The van der Waals surface area contributed by atoms with E-state index in [4.69, 9.17) is 4.74 Å². The van der Waals surface area contributed by atoms with Crippen LogP contribution in [0.1, 0.15) is 38.3 Å². The summed E-state index contributed by atoms with van der Waals surface area (Å²) in [5.41, 5.74) is 1.58. The standard InChI is InChI=1S/C15H21FO2/c1-4-18-15(17)8-7-13-6-5-12(9-11(2)3)10-14(13)16/h5-6,10-11H,4,7-9H2,1-3H3. The number of rotatable bonds is 6. The van der Waals surface area contributed by atoms with E-state index in [-0.39, 0.29) is 18.2 Å². The summed E-state index contributed by atoms with van der Waals surface area (Å²) in [7, 11) is 0. The lowest BCUT2D eigenvalue weighted by Crippen LogP contribution is -2.06. The number of carbonyl (C=O) groups is 1. The van der Waals surface area contributed by atoms with Crippen LogP contribution in [0.25, 0.3) is 0 Å². The monoisotopic (exact) mass is 252 g/mol. The zero-order valence-corrected chi connectivity index (χ0v) is 11.3. The molecule has 0 aliphatic rings. The molecule has 0 saturated heterocycles. The minimum Gasteiger partial charge on any atom is -0.466 e. The van der Waals surface area contributed by atoms with Gasteiger partial charge in [-0.15, -0.1) is 0 Å². The smallest absolute Gasteiger partial charge is 0.306 e. The third-order valence-corrected chi connectivity index (χ3v) is 2.67. The van der Waals surface area contributed by atoms with Gasteiger partial charge in [-0.05, 0) is 42.9 Å². The van der Waals surface area contributed by atoms with Crippen molar-refractivity contribution in [2.45, 2.75) is 40.0 Å². The van der Waals surface area contributed by atoms with Gasteiger partial charge < -0.3 is 4.74 Å². The van der Waals surface area contributed by atoms with E-state index >= 15 is 0 Å². The molecule has 1 rings (SSSR count). The molecular weight excluding hydrogens is 231 g/mol. The Morgan fingerprint density at radius 3 is 2.67 bits per heavy atom. The van der Waals surface area contributed by atoms with Gasteiger partial charge in [0.2, 0.25) is 0 Å². The van der Waals surface area contributed by atoms with Gasteiger partial charge in [-0.2, -0.15) is 0 Å². The van der Waals surface area contributed by atoms with Gasteiger partial charge >= 0.3 is 5.97 Å². The molecule has 2 nitrogen and oxygen atoms in total. The van der Waals surface area contributed by atoms with Crippen molar-refractivity contribution in [1.29, 1.82) is 0 Å². The average molecular weight is 252 g/mol. The maximum Gasteiger partial charge on any atom is 0.306 e. The highest BCUT2D eigenvalue weighted by molar-refractivity contribution is 5.69. The normalized spacial score (nSPS) is 10.7. The van der Waals surface area contributed by atoms with E-state index in [1.54, 1.807) is 19.1 Å². The molecule has 0 amide bonds. The molecule has 100 valence electrons. The van der Waals surface area contributed by atoms with Crippen LogP contribution in [0, 0.1) is 11.7 Å². The Morgan fingerprint density at radius 1 is 1.39 bits per heavy atom. The molecule has 0 saturated carbocycles. The molecular formula is C15H21FO2. The van der Waals surface area contributed by atoms with Crippen LogP contribution >= 0.6 is 0 Å². The minimum atomic E-state index is -0.275. The van der Waals surface area contributed by atoms with Gasteiger partial charge in [-0.25, -0.2) is 4.39 Å². The number of esters is 1. The Balaban J connectivity index is 2.59. The number of aryl methyl sites for hydroxylation is 1. The predicted octanol–water partition coefficient (Wildman–Crippen LogP) is 3.52. The Kier molecular flexibility index (Phi) is 5.83. The van der Waals surface area contributed by atoms with E-state index in [1.165, 1.54) is 0 Å². The second-order valence-electron chi connectivity index (χ2n) is 4.83. The topological polar surface area (TPSA) is 26.3 Å². The first-order chi connectivity index (χ1) is 8.52. The molecule has 0 N–H and O–H groups in total. The molecule has 0 aliphatic carbocycles. The van der Waals surface area contributed by atoms with Crippen molar-refractivity contribution in [3.05, 3.63) is 35.1 Å². The highest BCUT2D eigenvalue weighted by Crippen LogP contribution is 2.15. The average Bonchev–Trinajstić information content (AvgIpc) is 2.27. The number of benzene rings is 1. The molecule has 18 heavy (non-hydrogen) atoms. The van der Waals surface area contributed by atoms with E-state index in [9.17, 15) is 9.18 Å². The number of halogens is 1. The van der Waals surface area contributed by atoms with Crippen molar-refractivity contribution in [1.82, 2.24) is 0 Å². The third kappa shape index (κ3) is 4.86. The SMILES string of the molecule is CCOC(=O)CCc1ccc(CC(C)C)cc1F. The van der Waals surface area contributed by atoms with Gasteiger partial charge in [0.05, 0.1) is 6.61 Å². The molecule has 1 aromatic carbocycles. The summed E-state index contributed by atoms with van der Waals surface area (Å²) in [5, 5.41) is 0. The lowest BCUT2D eigenvalue weighted by atomic mass is 10.00. The first-order valence-corrected chi connectivity index (χ1v) is 6.45. The zero-order chi connectivity index (χ0) is 13.5. The molecule has 0 radical (unpaired) electrons. The van der Waals surface area contributed by atoms with E-state index in [1.807, 2.05) is 6.07 Å². The number of ether oxygens (including phenoxy) is 1. The van der Waals surface area contributed by atoms with E-state index in [0.29, 0.717) is 24.5 Å². The fourth-order valence-electron chi connectivity index (χ4n) is 1.86. The maximum atomic E-state index is 13.8. The van der Waals surface area contributed by atoms with Crippen LogP contribution in [0.4, 0.5) is 4.39 Å². The van der Waals surface area contributed by atoms with Gasteiger partial charge in [0, 0.05) is 6.42 Å². The van der Waals surface area contributed by atoms with Crippen molar-refractivity contribution in [2.75, 3.05) is 6.61 Å². The third-order valence-electron chi connectivity index (χ3n) is 2.67. The second kappa shape index (κ2) is 7.14. The largest absolute Gasteiger partial charge is 0.466 e. The van der Waals surface area contributed by atoms with Crippen LogP contribution < -0.4 is 0 Å². The molecule has 3 heteroatoms. The van der Waals surface area contributed by atoms with Crippen molar-refractivity contribution in [3.63, 3.8) is 0 Å². The lowest BCUT2D eigenvalue weighted by molar-refractivity contribution is -0.143. The van der Waals surface area contributed by atoms with Gasteiger partial charge in [0.15, 0.2) is 0 Å². The molecule has 0 spiro atoms. The lowest BCUT2D eigenvalue weighted by Gasteiger charge is -2.08. The van der Waals surface area contributed by atoms with Crippen molar-refractivity contribution in [2.24, 2.45) is 5.92 Å². The van der Waals surface area contributed by atoms with Crippen LogP contribution in [-0.4, -0.2) is 12.6 Å². The molecule has 0 aromatic heterocycles. The number of carbonyl (C=O) groups excluding carboxylic acids is 1. The molecule has 0 unspecified atom stereocenters. The summed E-state index contributed by atoms with van der Waals surface area (Å²) in [6, 6.07) is 5.27. The fraction of sp³-hybridized carbons (Fsp3) is 0.533. The number of hydrogen-bond donors (Lipinski definition) is 0. The van der Waals surface area contributed by atoms with Gasteiger partial charge in [0.1, 0.15) is 5.82 Å². The first kappa shape index (κ1) is 14.7. The van der Waals surface area contributed by atoms with E-state index in [0.717, 1.165) is 12.0 Å². The summed E-state index contributed by atoms with van der Waals surface area (Å²) >= 11 is 0. The van der Waals surface area contributed by atoms with Crippen LogP contribution in [0.5, 0.6) is 0 Å². The summed E-state index contributed by atoms with van der Waals surface area (Å²) in [5.74, 6) is 0.00962. The van der Waals surface area contributed by atoms with Crippen molar-refractivity contribution < 1.29 is 13.9 Å². The highest BCUT2D eigenvalue weighted by atomic mass is 19.1. The Morgan fingerprint density at radius 2 is 2.11 bits per heavy atom. The van der Waals surface area contributed by atoms with Crippen LogP contribution in [-0.2, 0) is 22.4 Å². The summed E-state index contributed by atoms with van der Waals surface area (Å²) < 4.78 is 18.6. The Bertz CT molecular complexity index is 399. The minimum absolute atomic E-state index is 0.225. The summed E-state index contributed by atoms with van der Waals surface area (Å²) in [6.07, 6.45) is 1.50. The molecule has 1 aromatic rings. The zero-order valence-electron chi connectivity index (χ0n) is 11.3. The van der Waals surface area contributed by atoms with Gasteiger partial charge in [0.25, 0.3) is 0 Å². The molecule has 0 heterocycles. The highest BCUT2D eigenvalue weighted by Gasteiger charge is 2.08. The van der Waals surface area contributed by atoms with Crippen LogP contribution in [0.3, 0.4) is 0 Å². The van der Waals surface area contributed by atoms with Crippen LogP contribution in [0.2, 0.25) is 0 Å². The van der Waals surface area contributed by atoms with Crippen molar-refractivity contribution in [3.8, 4) is 0 Å². The molecule has 0 fully saturated rings. The molecule has 0 aliphatic heterocycles. The molecule has 0 bridgehead atoms. The first-order valence-electron chi connectivity index (χ1n) is 6.45. The fourth-order valence-corrected chi connectivity index (χ4v) is 1.86. The van der Waals surface area contributed by atoms with E-state index < -0.39 is 0 Å². The van der Waals surface area contributed by atoms with Gasteiger partial charge in [-0.3, -0.25) is 4.79 Å². The summed E-state index contributed by atoms with van der Waals surface area (Å²) in [6.45, 7) is 6.34. The molecule has 0 atom stereocenters. The van der Waals surface area contributed by atoms with Crippen LogP contribution in [0.15, 0.2) is 18.2 Å². The summed E-state index contributed by atoms with van der Waals surface area (Å²) in [4.78, 5) is 11.2. The maximum absolute atomic E-state index is 13.8. The Hall–Kier alpha value is -1.38.